The van der Waals surface area contributed by atoms with Crippen LogP contribution in [0.2, 0.25) is 0 Å². The molecule has 8 nitrogen and oxygen atoms in total. The first-order chi connectivity index (χ1) is 16.6. The lowest BCUT2D eigenvalue weighted by Gasteiger charge is -2.19. The van der Waals surface area contributed by atoms with Gasteiger partial charge in [-0.1, -0.05) is 11.5 Å². The first kappa shape index (κ1) is 22.3. The maximum Gasteiger partial charge on any atom is 0.573 e. The van der Waals surface area contributed by atoms with Crippen LogP contribution in [0.3, 0.4) is 0 Å². The number of hydrogen-bond acceptors (Lipinski definition) is 5. The molecule has 2 aliphatic carbocycles. The molecule has 0 aliphatic heterocycles. The molecule has 1 aromatic carbocycles. The zero-order valence-electron chi connectivity index (χ0n) is 18.2. The second-order valence-corrected chi connectivity index (χ2v) is 8.07. The van der Waals surface area contributed by atoms with E-state index in [2.05, 4.69) is 21.5 Å². The summed E-state index contributed by atoms with van der Waals surface area (Å²) in [7, 11) is 1.45. The summed E-state index contributed by atoms with van der Waals surface area (Å²) in [6.07, 6.45) is 1.20. The summed E-state index contributed by atoms with van der Waals surface area (Å²) in [6, 6.07) is 5.81. The minimum Gasteiger partial charge on any atom is -0.406 e. The number of fused-ring (bicyclic) bond motifs is 1. The van der Waals surface area contributed by atoms with E-state index in [9.17, 15) is 27.6 Å². The molecule has 11 heteroatoms. The van der Waals surface area contributed by atoms with E-state index in [1.165, 1.54) is 45.0 Å². The minimum absolute atomic E-state index is 0.0727. The van der Waals surface area contributed by atoms with Crippen molar-refractivity contribution in [1.29, 1.82) is 0 Å². The highest BCUT2D eigenvalue weighted by atomic mass is 19.4. The molecule has 0 atom stereocenters. The Kier molecular flexibility index (Phi) is 5.16. The van der Waals surface area contributed by atoms with Crippen molar-refractivity contribution in [3.8, 4) is 5.75 Å². The smallest absolute Gasteiger partial charge is 0.406 e. The van der Waals surface area contributed by atoms with E-state index in [4.69, 9.17) is 0 Å². The number of aromatic nitrogens is 3. The first-order valence-electron chi connectivity index (χ1n) is 10.6. The van der Waals surface area contributed by atoms with Gasteiger partial charge in [-0.25, -0.2) is 9.36 Å². The van der Waals surface area contributed by atoms with Gasteiger partial charge < -0.3 is 10.1 Å². The molecule has 1 N–H and O–H groups in total. The fourth-order valence-corrected chi connectivity index (χ4v) is 3.92. The van der Waals surface area contributed by atoms with Crippen molar-refractivity contribution in [3.63, 3.8) is 0 Å². The van der Waals surface area contributed by atoms with Crippen LogP contribution in [0.1, 0.15) is 18.9 Å². The number of nitrogens with one attached hydrogen (secondary N) is 1. The van der Waals surface area contributed by atoms with Crippen LogP contribution in [-0.4, -0.2) is 20.1 Å². The molecule has 2 aromatic heterocycles. The summed E-state index contributed by atoms with van der Waals surface area (Å²) in [6.45, 7) is 0. The molecule has 1 fully saturated rings. The third kappa shape index (κ3) is 4.14. The van der Waals surface area contributed by atoms with Crippen molar-refractivity contribution >= 4 is 28.1 Å². The third-order valence-electron chi connectivity index (χ3n) is 5.63. The van der Waals surface area contributed by atoms with Crippen molar-refractivity contribution < 1.29 is 17.9 Å². The Bertz CT molecular complexity index is 1670. The van der Waals surface area contributed by atoms with Gasteiger partial charge in [0.25, 0.3) is 11.1 Å². The van der Waals surface area contributed by atoms with Gasteiger partial charge in [-0.05, 0) is 49.3 Å². The molecule has 0 bridgehead atoms. The van der Waals surface area contributed by atoms with E-state index >= 15 is 0 Å². The van der Waals surface area contributed by atoms with Gasteiger partial charge in [0, 0.05) is 30.9 Å². The molecule has 35 heavy (non-hydrogen) atoms. The summed E-state index contributed by atoms with van der Waals surface area (Å²) in [5.74, 6) is -0.418. The molecule has 0 unspecified atom stereocenters. The van der Waals surface area contributed by atoms with E-state index < -0.39 is 28.9 Å². The van der Waals surface area contributed by atoms with Crippen LogP contribution < -0.4 is 26.9 Å². The highest BCUT2D eigenvalue weighted by Gasteiger charge is 2.32. The van der Waals surface area contributed by atoms with E-state index in [1.807, 2.05) is 0 Å². The second-order valence-electron chi connectivity index (χ2n) is 8.07. The van der Waals surface area contributed by atoms with E-state index in [1.54, 1.807) is 12.2 Å². The highest BCUT2D eigenvalue weighted by Crippen LogP contribution is 2.33. The zero-order valence-corrected chi connectivity index (χ0v) is 18.2. The van der Waals surface area contributed by atoms with Crippen LogP contribution in [0.4, 0.5) is 24.5 Å². The maximum atomic E-state index is 13.5. The van der Waals surface area contributed by atoms with Crippen LogP contribution in [0.15, 0.2) is 74.4 Å². The van der Waals surface area contributed by atoms with Gasteiger partial charge in [-0.3, -0.25) is 18.7 Å². The van der Waals surface area contributed by atoms with E-state index in [-0.39, 0.29) is 22.8 Å². The summed E-state index contributed by atoms with van der Waals surface area (Å²) < 4.78 is 44.9. The van der Waals surface area contributed by atoms with Crippen molar-refractivity contribution in [2.75, 3.05) is 5.32 Å². The summed E-state index contributed by atoms with van der Waals surface area (Å²) in [5.41, 5.74) is 4.78. The standard InChI is InChI=1S/C24H17F3N4O4/c1-29-19(32)13-18(28-14-7-11-17(12-8-14)35-24(25,26)27)20-21(29)30(15-5-3-2-4-6-15)23(34)31(22(20)33)16-9-10-16/h3,5-8,11-13,16,28H,9-10H2,1H3. The number of halogens is 3. The van der Waals surface area contributed by atoms with Gasteiger partial charge in [-0.15, -0.1) is 13.2 Å². The van der Waals surface area contributed by atoms with Crippen molar-refractivity contribution in [1.82, 2.24) is 13.7 Å². The van der Waals surface area contributed by atoms with Gasteiger partial charge in [0.05, 0.1) is 11.4 Å². The molecule has 0 amide bonds. The number of benzene rings is 1. The quantitative estimate of drug-likeness (QED) is 0.562. The second kappa shape index (κ2) is 8.09. The van der Waals surface area contributed by atoms with Gasteiger partial charge in [0.1, 0.15) is 16.8 Å². The number of nitrogens with zero attached hydrogens (tertiary/aromatic N) is 3. The van der Waals surface area contributed by atoms with Crippen LogP contribution >= 0.6 is 0 Å². The lowest BCUT2D eigenvalue weighted by atomic mass is 10.2. The van der Waals surface area contributed by atoms with Gasteiger partial charge in [-0.2, -0.15) is 0 Å². The topological polar surface area (TPSA) is 87.3 Å². The summed E-state index contributed by atoms with van der Waals surface area (Å²) in [4.78, 5) is 39.8. The number of hydrogen-bond donors (Lipinski definition) is 1. The lowest BCUT2D eigenvalue weighted by molar-refractivity contribution is -0.274. The average molecular weight is 482 g/mol. The van der Waals surface area contributed by atoms with E-state index in [0.717, 1.165) is 12.1 Å². The van der Waals surface area contributed by atoms with Gasteiger partial charge in [0.15, 0.2) is 0 Å². The number of rotatable bonds is 5. The molecule has 1 saturated carbocycles. The first-order valence-corrected chi connectivity index (χ1v) is 10.6. The predicted octanol–water partition coefficient (Wildman–Crippen LogP) is 3.56. The Balaban J connectivity index is 1.73. The van der Waals surface area contributed by atoms with Crippen LogP contribution in [0, 0.1) is 0 Å². The Morgan fingerprint density at radius 1 is 1.09 bits per heavy atom. The largest absolute Gasteiger partial charge is 0.573 e. The molecule has 0 radical (unpaired) electrons. The van der Waals surface area contributed by atoms with Crippen molar-refractivity contribution in [3.05, 3.63) is 91.2 Å². The number of aryl methyl sites for hydroxylation is 1. The minimum atomic E-state index is -4.83. The predicted molar refractivity (Wildman–Crippen MR) is 123 cm³/mol. The molecular formula is C24H17F3N4O4. The fraction of sp³-hybridized carbons (Fsp3) is 0.208. The number of pyridine rings is 1. The number of anilines is 2. The van der Waals surface area contributed by atoms with Crippen LogP contribution in [0.25, 0.3) is 16.7 Å². The monoisotopic (exact) mass is 482 g/mol. The Morgan fingerprint density at radius 3 is 2.40 bits per heavy atom. The van der Waals surface area contributed by atoms with Gasteiger partial charge >= 0.3 is 12.1 Å². The van der Waals surface area contributed by atoms with Crippen molar-refractivity contribution in [2.45, 2.75) is 25.2 Å². The highest BCUT2D eigenvalue weighted by molar-refractivity contribution is 5.92. The molecule has 0 saturated heterocycles. The Hall–Kier alpha value is -4.46. The fourth-order valence-electron chi connectivity index (χ4n) is 3.92. The molecule has 0 spiro atoms. The molecule has 178 valence electrons. The Morgan fingerprint density at radius 2 is 1.80 bits per heavy atom. The van der Waals surface area contributed by atoms with Gasteiger partial charge in [0.2, 0.25) is 0 Å². The van der Waals surface area contributed by atoms with E-state index in [0.29, 0.717) is 24.2 Å². The summed E-state index contributed by atoms with van der Waals surface area (Å²) >= 11 is 0. The molecular weight excluding hydrogens is 465 g/mol. The normalized spacial score (nSPS) is 14.9. The van der Waals surface area contributed by atoms with Crippen molar-refractivity contribution in [2.24, 2.45) is 7.05 Å². The molecule has 2 heterocycles. The SMILES string of the molecule is Cn1c(=O)cc(Nc2ccc(OC(F)(F)F)cc2)c2c(=O)n(C3CC3)c(=O)n(C3=CC=C=C=C3)c21. The molecule has 2 aliphatic rings. The number of allylic oxidation sites excluding steroid dienone is 4. The summed E-state index contributed by atoms with van der Waals surface area (Å²) in [5, 5.41) is 3.02. The van der Waals surface area contributed by atoms with Crippen LogP contribution in [0.5, 0.6) is 5.75 Å². The maximum absolute atomic E-state index is 13.5. The third-order valence-corrected chi connectivity index (χ3v) is 5.63. The number of ether oxygens (including phenoxy) is 1. The van der Waals surface area contributed by atoms with Crippen LogP contribution in [-0.2, 0) is 7.05 Å². The number of alkyl halides is 3. The molecule has 3 aromatic rings. The lowest BCUT2D eigenvalue weighted by Crippen LogP contribution is -2.41. The molecule has 5 rings (SSSR count). The zero-order chi connectivity index (χ0) is 24.9. The average Bonchev–Trinajstić information content (AvgIpc) is 3.63. The Labute approximate surface area is 194 Å².